The molecule has 0 aromatic carbocycles. The smallest absolute Gasteiger partial charge is 0.165 e. The molecule has 4 N–H and O–H groups in total. The van der Waals surface area contributed by atoms with Gasteiger partial charge in [-0.25, -0.2) is 15.0 Å². The van der Waals surface area contributed by atoms with Gasteiger partial charge >= 0.3 is 0 Å². The lowest BCUT2D eigenvalue weighted by molar-refractivity contribution is -0.120. The maximum atomic E-state index is 10.4. The van der Waals surface area contributed by atoms with E-state index in [1.165, 1.54) is 17.2 Å². The van der Waals surface area contributed by atoms with Crippen molar-refractivity contribution in [2.24, 2.45) is 5.92 Å². The molecule has 6 atom stereocenters. The first kappa shape index (κ1) is 13.4. The fourth-order valence-corrected chi connectivity index (χ4v) is 3.91. The highest BCUT2D eigenvalue weighted by molar-refractivity contribution is 6.33. The van der Waals surface area contributed by atoms with E-state index in [0.29, 0.717) is 11.2 Å². The highest BCUT2D eigenvalue weighted by Gasteiger charge is 2.68. The largest absolute Gasteiger partial charge is 0.393 e. The lowest BCUT2D eigenvalue weighted by Gasteiger charge is -2.34. The summed E-state index contributed by atoms with van der Waals surface area (Å²) in [6.45, 7) is 0. The van der Waals surface area contributed by atoms with Gasteiger partial charge in [-0.3, -0.25) is 0 Å². The van der Waals surface area contributed by atoms with Gasteiger partial charge < -0.3 is 25.0 Å². The summed E-state index contributed by atoms with van der Waals surface area (Å²) >= 11 is 5.94. The molecule has 2 saturated carbocycles. The quantitative estimate of drug-likeness (QED) is 0.491. The second-order valence-electron chi connectivity index (χ2n) is 5.71. The van der Waals surface area contributed by atoms with Crippen molar-refractivity contribution >= 4 is 22.8 Å². The Morgan fingerprint density at radius 3 is 2.67 bits per heavy atom. The summed E-state index contributed by atoms with van der Waals surface area (Å²) in [5.41, 5.74) is -0.970. The first-order valence-corrected chi connectivity index (χ1v) is 6.92. The lowest BCUT2D eigenvalue weighted by atomic mass is 9.88. The SMILES string of the molecule is O[C@@H]1C[C@@]2(O)[C@H](O)[C@@H]1[C@@H](n1cnc3c(Cl)ncnc31)[C@@H]2O. The predicted octanol–water partition coefficient (Wildman–Crippen LogP) is -1.13. The van der Waals surface area contributed by atoms with Gasteiger partial charge in [-0.2, -0.15) is 0 Å². The molecule has 0 unspecified atom stereocenters. The number of fused-ring (bicyclic) bond motifs is 3. The summed E-state index contributed by atoms with van der Waals surface area (Å²) in [4.78, 5) is 12.0. The Morgan fingerprint density at radius 1 is 1.19 bits per heavy atom. The van der Waals surface area contributed by atoms with E-state index in [0.717, 1.165) is 0 Å². The van der Waals surface area contributed by atoms with Crippen LogP contribution in [0.5, 0.6) is 0 Å². The van der Waals surface area contributed by atoms with Crippen molar-refractivity contribution in [1.29, 1.82) is 0 Å². The minimum absolute atomic E-state index is 0.0567. The van der Waals surface area contributed by atoms with Gasteiger partial charge in [-0.05, 0) is 0 Å². The fraction of sp³-hybridized carbons (Fsp3) is 0.583. The molecular weight excluding hydrogens is 300 g/mol. The van der Waals surface area contributed by atoms with E-state index in [1.54, 1.807) is 0 Å². The standard InChI is InChI=1S/C12H13ClN4O4/c13-10-6-11(15-2-14-10)17(3-16-6)7-5-4(18)1-12(21,8(5)19)9(7)20/h2-5,7-9,18-21H,1H2/t4-,5+,7-,8-,9+,12-/m1/s1. The van der Waals surface area contributed by atoms with Crippen molar-refractivity contribution in [1.82, 2.24) is 19.5 Å². The molecule has 2 aromatic rings. The van der Waals surface area contributed by atoms with Crippen LogP contribution >= 0.6 is 11.6 Å². The minimum Gasteiger partial charge on any atom is -0.393 e. The number of nitrogens with zero attached hydrogens (tertiary/aromatic N) is 4. The van der Waals surface area contributed by atoms with Crippen LogP contribution in [0.15, 0.2) is 12.7 Å². The van der Waals surface area contributed by atoms with Crippen LogP contribution in [-0.2, 0) is 0 Å². The van der Waals surface area contributed by atoms with Gasteiger partial charge in [-0.1, -0.05) is 11.6 Å². The van der Waals surface area contributed by atoms with Gasteiger partial charge in [0.25, 0.3) is 0 Å². The van der Waals surface area contributed by atoms with Gasteiger partial charge in [0.05, 0.1) is 24.6 Å². The van der Waals surface area contributed by atoms with E-state index in [1.807, 2.05) is 0 Å². The molecule has 0 saturated heterocycles. The van der Waals surface area contributed by atoms with Crippen LogP contribution in [0.3, 0.4) is 0 Å². The molecule has 8 nitrogen and oxygen atoms in total. The molecule has 2 bridgehead atoms. The van der Waals surface area contributed by atoms with Gasteiger partial charge in [-0.15, -0.1) is 0 Å². The topological polar surface area (TPSA) is 125 Å². The zero-order valence-corrected chi connectivity index (χ0v) is 11.5. The molecule has 4 rings (SSSR count). The van der Waals surface area contributed by atoms with E-state index < -0.39 is 35.9 Å². The van der Waals surface area contributed by atoms with E-state index >= 15 is 0 Å². The number of hydrogen-bond donors (Lipinski definition) is 4. The maximum Gasteiger partial charge on any atom is 0.165 e. The Bertz CT molecular complexity index is 724. The number of halogens is 1. The molecule has 2 aromatic heterocycles. The summed E-state index contributed by atoms with van der Waals surface area (Å²) < 4.78 is 1.53. The molecule has 2 aliphatic rings. The maximum absolute atomic E-state index is 10.4. The zero-order chi connectivity index (χ0) is 14.9. The third-order valence-electron chi connectivity index (χ3n) is 4.72. The number of rotatable bonds is 1. The third-order valence-corrected chi connectivity index (χ3v) is 5.00. The molecule has 0 spiro atoms. The van der Waals surface area contributed by atoms with Crippen LogP contribution in [-0.4, -0.2) is 63.9 Å². The van der Waals surface area contributed by atoms with Crippen molar-refractivity contribution in [2.45, 2.75) is 36.4 Å². The molecule has 2 aliphatic carbocycles. The van der Waals surface area contributed by atoms with Crippen molar-refractivity contribution in [3.05, 3.63) is 17.8 Å². The Labute approximate surface area is 123 Å². The van der Waals surface area contributed by atoms with Gasteiger partial charge in [0.2, 0.25) is 0 Å². The van der Waals surface area contributed by atoms with Crippen molar-refractivity contribution in [3.63, 3.8) is 0 Å². The molecule has 2 heterocycles. The molecule has 0 amide bonds. The summed E-state index contributed by atoms with van der Waals surface area (Å²) in [5, 5.41) is 41.2. The first-order valence-electron chi connectivity index (χ1n) is 6.55. The zero-order valence-electron chi connectivity index (χ0n) is 10.7. The predicted molar refractivity (Wildman–Crippen MR) is 70.4 cm³/mol. The molecule has 2 fully saturated rings. The minimum atomic E-state index is -1.72. The number of hydrogen-bond acceptors (Lipinski definition) is 7. The normalized spacial score (nSPS) is 42.0. The fourth-order valence-electron chi connectivity index (χ4n) is 3.73. The summed E-state index contributed by atoms with van der Waals surface area (Å²) in [6, 6.07) is -0.732. The number of imidazole rings is 1. The summed E-state index contributed by atoms with van der Waals surface area (Å²) in [7, 11) is 0. The Hall–Kier alpha value is -1.32. The van der Waals surface area contributed by atoms with Gasteiger partial charge in [0, 0.05) is 12.3 Å². The van der Waals surface area contributed by atoms with Gasteiger partial charge in [0.15, 0.2) is 10.8 Å². The molecule has 21 heavy (non-hydrogen) atoms. The number of aliphatic hydroxyl groups is 4. The van der Waals surface area contributed by atoms with E-state index in [4.69, 9.17) is 11.6 Å². The Kier molecular flexibility index (Phi) is 2.61. The monoisotopic (exact) mass is 312 g/mol. The van der Waals surface area contributed by atoms with Crippen molar-refractivity contribution in [3.8, 4) is 0 Å². The molecule has 112 valence electrons. The van der Waals surface area contributed by atoms with Crippen molar-refractivity contribution < 1.29 is 20.4 Å². The number of aliphatic hydroxyl groups excluding tert-OH is 3. The highest BCUT2D eigenvalue weighted by Crippen LogP contribution is 2.54. The van der Waals surface area contributed by atoms with Crippen LogP contribution in [0, 0.1) is 5.92 Å². The second kappa shape index (κ2) is 4.11. The molecule has 0 radical (unpaired) electrons. The third kappa shape index (κ3) is 1.51. The Morgan fingerprint density at radius 2 is 1.95 bits per heavy atom. The van der Waals surface area contributed by atoms with Crippen LogP contribution in [0.1, 0.15) is 12.5 Å². The van der Waals surface area contributed by atoms with E-state index in [2.05, 4.69) is 15.0 Å². The second-order valence-corrected chi connectivity index (χ2v) is 6.07. The van der Waals surface area contributed by atoms with Crippen molar-refractivity contribution in [2.75, 3.05) is 0 Å². The highest BCUT2D eigenvalue weighted by atomic mass is 35.5. The summed E-state index contributed by atoms with van der Waals surface area (Å²) in [6.07, 6.45) is -0.714. The molecule has 0 aliphatic heterocycles. The van der Waals surface area contributed by atoms with Gasteiger partial charge in [0.1, 0.15) is 23.5 Å². The number of aromatic nitrogens is 4. The summed E-state index contributed by atoms with van der Waals surface area (Å²) in [5.74, 6) is -0.698. The van der Waals surface area contributed by atoms with E-state index in [9.17, 15) is 20.4 Å². The van der Waals surface area contributed by atoms with Crippen LogP contribution in [0.4, 0.5) is 0 Å². The average molecular weight is 313 g/mol. The first-order chi connectivity index (χ1) is 9.95. The Balaban J connectivity index is 1.88. The molecule has 9 heteroatoms. The van der Waals surface area contributed by atoms with Crippen LogP contribution in [0.2, 0.25) is 5.15 Å². The van der Waals surface area contributed by atoms with Crippen LogP contribution < -0.4 is 0 Å². The van der Waals surface area contributed by atoms with Crippen LogP contribution in [0.25, 0.3) is 11.2 Å². The average Bonchev–Trinajstić information content (AvgIpc) is 3.00. The lowest BCUT2D eigenvalue weighted by Crippen LogP contribution is -2.48. The molecular formula is C12H13ClN4O4. The van der Waals surface area contributed by atoms with E-state index in [-0.39, 0.29) is 11.6 Å².